The topological polar surface area (TPSA) is 60.9 Å². The van der Waals surface area contributed by atoms with E-state index in [4.69, 9.17) is 0 Å². The van der Waals surface area contributed by atoms with Crippen molar-refractivity contribution in [3.63, 3.8) is 0 Å². The van der Waals surface area contributed by atoms with E-state index in [1.54, 1.807) is 18.3 Å². The number of hydrogen-bond acceptors (Lipinski definition) is 3. The predicted molar refractivity (Wildman–Crippen MR) is 77.1 cm³/mol. The molecule has 0 saturated carbocycles. The lowest BCUT2D eigenvalue weighted by atomic mass is 10.1. The van der Waals surface area contributed by atoms with Crippen molar-refractivity contribution in [2.24, 2.45) is 0 Å². The van der Waals surface area contributed by atoms with Crippen LogP contribution in [0.15, 0.2) is 0 Å². The van der Waals surface area contributed by atoms with Crippen LogP contribution in [0.4, 0.5) is 0 Å². The van der Waals surface area contributed by atoms with Gasteiger partial charge < -0.3 is 5.11 Å². The van der Waals surface area contributed by atoms with Gasteiger partial charge in [0, 0.05) is 25.7 Å². The Morgan fingerprint density at radius 2 is 1.89 bits per heavy atom. The number of rotatable bonds is 5. The monoisotopic (exact) mass is 292 g/mol. The van der Waals surface area contributed by atoms with Crippen LogP contribution in [0.1, 0.15) is 52.9 Å². The van der Waals surface area contributed by atoms with Gasteiger partial charge in [0.25, 0.3) is 10.2 Å². The zero-order valence-electron chi connectivity index (χ0n) is 12.5. The van der Waals surface area contributed by atoms with Gasteiger partial charge in [-0.3, -0.25) is 0 Å². The second kappa shape index (κ2) is 7.02. The summed E-state index contributed by atoms with van der Waals surface area (Å²) in [5.74, 6) is 0. The first-order chi connectivity index (χ1) is 8.76. The highest BCUT2D eigenvalue weighted by Gasteiger charge is 2.35. The van der Waals surface area contributed by atoms with Crippen LogP contribution < -0.4 is 0 Å². The fraction of sp³-hybridized carbons (Fsp3) is 1.00. The average molecular weight is 292 g/mol. The molecule has 0 amide bonds. The van der Waals surface area contributed by atoms with E-state index in [9.17, 15) is 13.5 Å². The third-order valence-electron chi connectivity index (χ3n) is 3.82. The molecule has 0 aromatic rings. The van der Waals surface area contributed by atoms with Gasteiger partial charge in [-0.1, -0.05) is 12.8 Å². The van der Waals surface area contributed by atoms with Crippen LogP contribution in [0.3, 0.4) is 0 Å². The molecule has 6 heteroatoms. The smallest absolute Gasteiger partial charge is 0.282 e. The van der Waals surface area contributed by atoms with Crippen LogP contribution in [-0.4, -0.2) is 53.9 Å². The molecule has 19 heavy (non-hydrogen) atoms. The molecular formula is C13H28N2O3S. The van der Waals surface area contributed by atoms with Gasteiger partial charge in [-0.25, -0.2) is 0 Å². The average Bonchev–Trinajstić information content (AvgIpc) is 2.52. The van der Waals surface area contributed by atoms with Gasteiger partial charge in [0.2, 0.25) is 0 Å². The first-order valence-corrected chi connectivity index (χ1v) is 8.59. The maximum absolute atomic E-state index is 12.6. The summed E-state index contributed by atoms with van der Waals surface area (Å²) in [4.78, 5) is 0. The Bertz CT molecular complexity index is 368. The lowest BCUT2D eigenvalue weighted by Gasteiger charge is -2.34. The predicted octanol–water partition coefficient (Wildman–Crippen LogP) is 1.59. The maximum Gasteiger partial charge on any atom is 0.282 e. The molecule has 1 aliphatic heterocycles. The molecule has 1 heterocycles. The second-order valence-corrected chi connectivity index (χ2v) is 7.76. The molecule has 0 aromatic carbocycles. The molecule has 0 bridgehead atoms. The fourth-order valence-corrected chi connectivity index (χ4v) is 4.31. The van der Waals surface area contributed by atoms with Crippen molar-refractivity contribution in [3.05, 3.63) is 0 Å². The Hall–Kier alpha value is -0.170. The Morgan fingerprint density at radius 3 is 2.42 bits per heavy atom. The number of aliphatic hydroxyl groups is 1. The summed E-state index contributed by atoms with van der Waals surface area (Å²) in [7, 11) is -1.79. The largest absolute Gasteiger partial charge is 0.393 e. The summed E-state index contributed by atoms with van der Waals surface area (Å²) in [5, 5.41) is 9.59. The van der Waals surface area contributed by atoms with E-state index < -0.39 is 16.3 Å². The lowest BCUT2D eigenvalue weighted by molar-refractivity contribution is 0.144. The summed E-state index contributed by atoms with van der Waals surface area (Å²) in [5.41, 5.74) is 0. The van der Waals surface area contributed by atoms with Crippen LogP contribution in [0, 0.1) is 0 Å². The van der Waals surface area contributed by atoms with Crippen molar-refractivity contribution in [2.45, 2.75) is 71.1 Å². The number of nitrogens with zero attached hydrogens (tertiary/aromatic N) is 2. The van der Waals surface area contributed by atoms with Gasteiger partial charge in [-0.05, 0) is 40.0 Å². The first kappa shape index (κ1) is 16.9. The van der Waals surface area contributed by atoms with E-state index in [1.165, 1.54) is 4.31 Å². The highest BCUT2D eigenvalue weighted by Crippen LogP contribution is 2.25. The standard InChI is InChI=1S/C13H28N2O3S/c1-11(2)14(4)19(17,18)15-9-7-5-6-8-13(15)10-12(3)16/h11-13,16H,5-10H2,1-4H3. The van der Waals surface area contributed by atoms with E-state index in [-0.39, 0.29) is 12.1 Å². The van der Waals surface area contributed by atoms with Crippen molar-refractivity contribution >= 4 is 10.2 Å². The third kappa shape index (κ3) is 4.41. The first-order valence-electron chi connectivity index (χ1n) is 7.19. The summed E-state index contributed by atoms with van der Waals surface area (Å²) in [6, 6.07) is -0.130. The Kier molecular flexibility index (Phi) is 6.23. The van der Waals surface area contributed by atoms with Crippen molar-refractivity contribution in [1.82, 2.24) is 8.61 Å². The number of aliphatic hydroxyl groups excluding tert-OH is 1. The third-order valence-corrected chi connectivity index (χ3v) is 6.05. The molecule has 0 aliphatic carbocycles. The molecule has 2 unspecified atom stereocenters. The summed E-state index contributed by atoms with van der Waals surface area (Å²) < 4.78 is 28.3. The summed E-state index contributed by atoms with van der Waals surface area (Å²) in [6.45, 7) is 6.04. The molecule has 1 fully saturated rings. The van der Waals surface area contributed by atoms with Gasteiger partial charge in [-0.15, -0.1) is 0 Å². The van der Waals surface area contributed by atoms with Crippen LogP contribution in [0.2, 0.25) is 0 Å². The SMILES string of the molecule is CC(O)CC1CCCCCN1S(=O)(=O)N(C)C(C)C. The quantitative estimate of drug-likeness (QED) is 0.837. The second-order valence-electron chi connectivity index (χ2n) is 5.82. The minimum absolute atomic E-state index is 0.0551. The van der Waals surface area contributed by atoms with Gasteiger partial charge in [0.05, 0.1) is 6.10 Å². The summed E-state index contributed by atoms with van der Waals surface area (Å²) >= 11 is 0. The van der Waals surface area contributed by atoms with Gasteiger partial charge in [0.1, 0.15) is 0 Å². The molecule has 1 saturated heterocycles. The van der Waals surface area contributed by atoms with E-state index in [0.717, 1.165) is 25.7 Å². The van der Waals surface area contributed by atoms with Crippen molar-refractivity contribution in [1.29, 1.82) is 0 Å². The normalized spacial score (nSPS) is 24.7. The Labute approximate surface area is 117 Å². The Morgan fingerprint density at radius 1 is 1.26 bits per heavy atom. The van der Waals surface area contributed by atoms with Crippen molar-refractivity contribution in [3.8, 4) is 0 Å². The lowest BCUT2D eigenvalue weighted by Crippen LogP contribution is -2.49. The van der Waals surface area contributed by atoms with Gasteiger partial charge >= 0.3 is 0 Å². The summed E-state index contributed by atoms with van der Waals surface area (Å²) in [6.07, 6.45) is 3.90. The molecular weight excluding hydrogens is 264 g/mol. The van der Waals surface area contributed by atoms with Crippen LogP contribution in [0.25, 0.3) is 0 Å². The van der Waals surface area contributed by atoms with E-state index in [0.29, 0.717) is 13.0 Å². The zero-order chi connectivity index (χ0) is 14.6. The zero-order valence-corrected chi connectivity index (χ0v) is 13.4. The van der Waals surface area contributed by atoms with Crippen LogP contribution >= 0.6 is 0 Å². The minimum Gasteiger partial charge on any atom is -0.393 e. The Balaban J connectivity index is 2.96. The number of hydrogen-bond donors (Lipinski definition) is 1. The molecule has 0 spiro atoms. The minimum atomic E-state index is -3.42. The van der Waals surface area contributed by atoms with Crippen molar-refractivity contribution in [2.75, 3.05) is 13.6 Å². The van der Waals surface area contributed by atoms with Crippen LogP contribution in [-0.2, 0) is 10.2 Å². The van der Waals surface area contributed by atoms with Crippen molar-refractivity contribution < 1.29 is 13.5 Å². The molecule has 114 valence electrons. The van der Waals surface area contributed by atoms with Crippen LogP contribution in [0.5, 0.6) is 0 Å². The van der Waals surface area contributed by atoms with Gasteiger partial charge in [0.15, 0.2) is 0 Å². The van der Waals surface area contributed by atoms with E-state index in [1.807, 2.05) is 13.8 Å². The molecule has 2 atom stereocenters. The highest BCUT2D eigenvalue weighted by atomic mass is 32.2. The maximum atomic E-state index is 12.6. The van der Waals surface area contributed by atoms with Gasteiger partial charge in [-0.2, -0.15) is 17.0 Å². The van der Waals surface area contributed by atoms with E-state index >= 15 is 0 Å². The molecule has 1 N–H and O–H groups in total. The molecule has 1 rings (SSSR count). The highest BCUT2D eigenvalue weighted by molar-refractivity contribution is 7.86. The molecule has 0 radical (unpaired) electrons. The fourth-order valence-electron chi connectivity index (χ4n) is 2.52. The molecule has 1 aliphatic rings. The van der Waals surface area contributed by atoms with E-state index in [2.05, 4.69) is 0 Å². The molecule has 0 aromatic heterocycles. The molecule has 5 nitrogen and oxygen atoms in total.